The molecule has 0 aliphatic heterocycles. The molecule has 19 heavy (non-hydrogen) atoms. The van der Waals surface area contributed by atoms with Crippen molar-refractivity contribution in [3.8, 4) is 0 Å². The molecule has 0 radical (unpaired) electrons. The lowest BCUT2D eigenvalue weighted by molar-refractivity contribution is -0.385. The predicted molar refractivity (Wildman–Crippen MR) is 81.3 cm³/mol. The van der Waals surface area contributed by atoms with Gasteiger partial charge in [0.25, 0.3) is 5.69 Å². The fourth-order valence-corrected chi connectivity index (χ4v) is 1.83. The minimum atomic E-state index is -0.494. The van der Waals surface area contributed by atoms with Gasteiger partial charge in [-0.25, -0.2) is 4.98 Å². The normalized spacial score (nSPS) is 10.6. The molecule has 6 nitrogen and oxygen atoms in total. The maximum Gasteiger partial charge on any atom is 0.287 e. The Balaban J connectivity index is 2.03. The fourth-order valence-electron chi connectivity index (χ4n) is 1.31. The van der Waals surface area contributed by atoms with Crippen LogP contribution in [0.1, 0.15) is 5.56 Å². The first-order chi connectivity index (χ1) is 9.16. The van der Waals surface area contributed by atoms with E-state index < -0.39 is 4.92 Å². The summed E-state index contributed by atoms with van der Waals surface area (Å²) < 4.78 is 1.09. The molecule has 0 bridgehead atoms. The van der Waals surface area contributed by atoms with Gasteiger partial charge in [0, 0.05) is 15.2 Å². The van der Waals surface area contributed by atoms with E-state index in [1.807, 2.05) is 24.3 Å². The average molecular weight is 368 g/mol. The predicted octanol–water partition coefficient (Wildman–Crippen LogP) is 3.04. The molecule has 0 saturated carbocycles. The Hall–Kier alpha value is -2.03. The van der Waals surface area contributed by atoms with Gasteiger partial charge >= 0.3 is 0 Å². The molecule has 0 aliphatic rings. The van der Waals surface area contributed by atoms with Crippen molar-refractivity contribution in [2.45, 2.75) is 0 Å². The number of anilines is 1. The van der Waals surface area contributed by atoms with Crippen LogP contribution < -0.4 is 5.43 Å². The van der Waals surface area contributed by atoms with Gasteiger partial charge in [-0.15, -0.1) is 0 Å². The number of rotatable bonds is 4. The Morgan fingerprint density at radius 3 is 2.74 bits per heavy atom. The molecule has 2 rings (SSSR count). The van der Waals surface area contributed by atoms with E-state index >= 15 is 0 Å². The molecule has 0 saturated heterocycles. The van der Waals surface area contributed by atoms with Crippen LogP contribution >= 0.6 is 22.6 Å². The number of pyridine rings is 1. The summed E-state index contributed by atoms with van der Waals surface area (Å²) in [5, 5.41) is 14.5. The van der Waals surface area contributed by atoms with E-state index in [9.17, 15) is 10.1 Å². The number of hydrazone groups is 1. The Morgan fingerprint density at radius 1 is 1.32 bits per heavy atom. The molecule has 0 fully saturated rings. The van der Waals surface area contributed by atoms with Crippen molar-refractivity contribution in [3.63, 3.8) is 0 Å². The third kappa shape index (κ3) is 3.71. The van der Waals surface area contributed by atoms with Gasteiger partial charge in [0.1, 0.15) is 12.0 Å². The quantitative estimate of drug-likeness (QED) is 0.389. The van der Waals surface area contributed by atoms with E-state index in [0.717, 1.165) is 9.13 Å². The van der Waals surface area contributed by atoms with Gasteiger partial charge in [-0.1, -0.05) is 18.2 Å². The summed E-state index contributed by atoms with van der Waals surface area (Å²) in [6.45, 7) is 0. The maximum absolute atomic E-state index is 10.5. The fraction of sp³-hybridized carbons (Fsp3) is 0. The summed E-state index contributed by atoms with van der Waals surface area (Å²) in [5.74, 6) is 0.452. The van der Waals surface area contributed by atoms with E-state index in [1.165, 1.54) is 18.3 Å². The van der Waals surface area contributed by atoms with Gasteiger partial charge < -0.3 is 0 Å². The topological polar surface area (TPSA) is 80.4 Å². The van der Waals surface area contributed by atoms with Crippen molar-refractivity contribution in [3.05, 3.63) is 61.8 Å². The zero-order chi connectivity index (χ0) is 13.7. The molecule has 1 N–H and O–H groups in total. The Bertz CT molecular complexity index is 613. The SMILES string of the molecule is O=[N+]([O-])c1ccc(N/N=C\c2ccccc2I)nc1. The second kappa shape index (κ2) is 6.23. The van der Waals surface area contributed by atoms with Crippen LogP contribution in [0.5, 0.6) is 0 Å². The molecule has 0 spiro atoms. The van der Waals surface area contributed by atoms with Crippen LogP contribution in [0, 0.1) is 13.7 Å². The lowest BCUT2D eigenvalue weighted by Crippen LogP contribution is -1.95. The van der Waals surface area contributed by atoms with Crippen molar-refractivity contribution in [1.29, 1.82) is 0 Å². The number of aromatic nitrogens is 1. The van der Waals surface area contributed by atoms with Crippen LogP contribution in [0.3, 0.4) is 0 Å². The van der Waals surface area contributed by atoms with E-state index in [2.05, 4.69) is 38.1 Å². The highest BCUT2D eigenvalue weighted by Crippen LogP contribution is 2.12. The third-order valence-corrected chi connectivity index (χ3v) is 3.23. The first-order valence-corrected chi connectivity index (χ1v) is 6.39. The Morgan fingerprint density at radius 2 is 2.11 bits per heavy atom. The van der Waals surface area contributed by atoms with Crippen LogP contribution in [0.4, 0.5) is 11.5 Å². The van der Waals surface area contributed by atoms with Crippen LogP contribution in [-0.4, -0.2) is 16.1 Å². The monoisotopic (exact) mass is 368 g/mol. The molecular formula is C12H9IN4O2. The van der Waals surface area contributed by atoms with Crippen molar-refractivity contribution in [2.75, 3.05) is 5.43 Å². The average Bonchev–Trinajstić information content (AvgIpc) is 2.41. The lowest BCUT2D eigenvalue weighted by atomic mass is 10.2. The molecule has 0 unspecified atom stereocenters. The summed E-state index contributed by atoms with van der Waals surface area (Å²) in [6, 6.07) is 10.7. The highest BCUT2D eigenvalue weighted by atomic mass is 127. The molecule has 7 heteroatoms. The van der Waals surface area contributed by atoms with Crippen molar-refractivity contribution in [2.24, 2.45) is 5.10 Å². The number of hydrogen-bond acceptors (Lipinski definition) is 5. The molecular weight excluding hydrogens is 359 g/mol. The summed E-state index contributed by atoms with van der Waals surface area (Å²) >= 11 is 2.22. The zero-order valence-corrected chi connectivity index (χ0v) is 11.8. The highest BCUT2D eigenvalue weighted by Gasteiger charge is 2.04. The molecule has 0 aliphatic carbocycles. The van der Waals surface area contributed by atoms with Gasteiger partial charge in [-0.2, -0.15) is 5.10 Å². The number of hydrogen-bond donors (Lipinski definition) is 1. The molecule has 1 aromatic heterocycles. The minimum absolute atomic E-state index is 0.0489. The molecule has 1 heterocycles. The van der Waals surface area contributed by atoms with E-state index in [4.69, 9.17) is 0 Å². The van der Waals surface area contributed by atoms with Crippen LogP contribution in [0.15, 0.2) is 47.7 Å². The van der Waals surface area contributed by atoms with E-state index in [1.54, 1.807) is 6.21 Å². The largest absolute Gasteiger partial charge is 0.287 e. The number of benzene rings is 1. The number of nitro groups is 1. The van der Waals surface area contributed by atoms with Crippen molar-refractivity contribution >= 4 is 40.3 Å². The van der Waals surface area contributed by atoms with Gasteiger partial charge in [-0.3, -0.25) is 15.5 Å². The Kier molecular flexibility index (Phi) is 4.39. The van der Waals surface area contributed by atoms with Gasteiger partial charge in [0.2, 0.25) is 0 Å². The summed E-state index contributed by atoms with van der Waals surface area (Å²) in [4.78, 5) is 13.9. The smallest absolute Gasteiger partial charge is 0.261 e. The molecule has 2 aromatic rings. The number of nitrogens with one attached hydrogen (secondary N) is 1. The summed E-state index contributed by atoms with van der Waals surface area (Å²) in [5.41, 5.74) is 3.65. The molecule has 0 amide bonds. The third-order valence-electron chi connectivity index (χ3n) is 2.25. The standard InChI is InChI=1S/C12H9IN4O2/c13-11-4-2-1-3-9(11)7-15-16-12-6-5-10(8-14-12)17(18)19/h1-8H,(H,14,16)/b15-7-. The first-order valence-electron chi connectivity index (χ1n) is 5.31. The zero-order valence-electron chi connectivity index (χ0n) is 9.65. The highest BCUT2D eigenvalue weighted by molar-refractivity contribution is 14.1. The second-order valence-electron chi connectivity index (χ2n) is 3.55. The number of nitrogens with zero attached hydrogens (tertiary/aromatic N) is 3. The molecule has 96 valence electrons. The molecule has 1 aromatic carbocycles. The van der Waals surface area contributed by atoms with Crippen LogP contribution in [0.2, 0.25) is 0 Å². The van der Waals surface area contributed by atoms with Crippen molar-refractivity contribution < 1.29 is 4.92 Å². The van der Waals surface area contributed by atoms with Crippen molar-refractivity contribution in [1.82, 2.24) is 4.98 Å². The summed E-state index contributed by atoms with van der Waals surface area (Å²) in [7, 11) is 0. The van der Waals surface area contributed by atoms with E-state index in [-0.39, 0.29) is 5.69 Å². The molecule has 0 atom stereocenters. The summed E-state index contributed by atoms with van der Waals surface area (Å²) in [6.07, 6.45) is 2.86. The van der Waals surface area contributed by atoms with Gasteiger partial charge in [-0.05, 0) is 34.7 Å². The second-order valence-corrected chi connectivity index (χ2v) is 4.71. The lowest BCUT2D eigenvalue weighted by Gasteiger charge is -1.99. The maximum atomic E-state index is 10.5. The van der Waals surface area contributed by atoms with Gasteiger partial charge in [0.05, 0.1) is 11.1 Å². The first kappa shape index (κ1) is 13.4. The van der Waals surface area contributed by atoms with Crippen LogP contribution in [-0.2, 0) is 0 Å². The Labute approximate surface area is 122 Å². The van der Waals surface area contributed by atoms with Gasteiger partial charge in [0.15, 0.2) is 0 Å². The minimum Gasteiger partial charge on any atom is -0.261 e. The van der Waals surface area contributed by atoms with Crippen LogP contribution in [0.25, 0.3) is 0 Å². The van der Waals surface area contributed by atoms with E-state index in [0.29, 0.717) is 5.82 Å². The number of halogens is 1.